The molecule has 28 heavy (non-hydrogen) atoms. The van der Waals surface area contributed by atoms with Gasteiger partial charge in [-0.1, -0.05) is 13.8 Å². The van der Waals surface area contributed by atoms with Gasteiger partial charge in [0.1, 0.15) is 16.9 Å². The molecule has 0 N–H and O–H groups in total. The van der Waals surface area contributed by atoms with E-state index in [1.807, 2.05) is 6.92 Å². The van der Waals surface area contributed by atoms with Gasteiger partial charge in [-0.3, -0.25) is 9.59 Å². The second-order valence-corrected chi connectivity index (χ2v) is 7.55. The fourth-order valence-electron chi connectivity index (χ4n) is 3.26. The van der Waals surface area contributed by atoms with Gasteiger partial charge >= 0.3 is 17.6 Å². The molecule has 0 saturated heterocycles. The highest BCUT2D eigenvalue weighted by molar-refractivity contribution is 5.83. The van der Waals surface area contributed by atoms with Gasteiger partial charge in [-0.25, -0.2) is 4.79 Å². The van der Waals surface area contributed by atoms with Crippen molar-refractivity contribution in [3.05, 3.63) is 40.2 Å². The largest absolute Gasteiger partial charge is 0.483 e. The van der Waals surface area contributed by atoms with E-state index in [2.05, 4.69) is 0 Å². The van der Waals surface area contributed by atoms with Crippen molar-refractivity contribution in [3.63, 3.8) is 0 Å². The Balaban J connectivity index is 2.19. The molecule has 0 radical (unpaired) electrons. The van der Waals surface area contributed by atoms with Gasteiger partial charge in [0, 0.05) is 18.4 Å². The Morgan fingerprint density at radius 1 is 1.18 bits per heavy atom. The first-order chi connectivity index (χ1) is 13.1. The van der Waals surface area contributed by atoms with Crippen molar-refractivity contribution in [1.82, 2.24) is 0 Å². The van der Waals surface area contributed by atoms with Crippen molar-refractivity contribution in [3.8, 4) is 5.75 Å². The Morgan fingerprint density at radius 2 is 1.86 bits per heavy atom. The Labute approximate surface area is 162 Å². The number of hydrogen-bond donors (Lipinski definition) is 0. The third-order valence-electron chi connectivity index (χ3n) is 4.96. The zero-order chi connectivity index (χ0) is 20.6. The Hall–Kier alpha value is -2.83. The summed E-state index contributed by atoms with van der Waals surface area (Å²) in [6.07, 6.45) is -1.28. The highest BCUT2D eigenvalue weighted by atomic mass is 16.6. The molecule has 0 bridgehead atoms. The van der Waals surface area contributed by atoms with Crippen LogP contribution in [0.1, 0.15) is 52.7 Å². The molecular formula is C21H24O7. The van der Waals surface area contributed by atoms with Crippen LogP contribution in [-0.4, -0.2) is 23.6 Å². The molecule has 2 heterocycles. The fraction of sp³-hybridized carbons (Fsp3) is 0.476. The van der Waals surface area contributed by atoms with Crippen LogP contribution in [-0.2, 0) is 19.1 Å². The van der Waals surface area contributed by atoms with Gasteiger partial charge in [0.25, 0.3) is 0 Å². The Morgan fingerprint density at radius 3 is 2.50 bits per heavy atom. The molecule has 0 unspecified atom stereocenters. The molecule has 0 amide bonds. The van der Waals surface area contributed by atoms with E-state index in [4.69, 9.17) is 18.6 Å². The lowest BCUT2D eigenvalue weighted by Gasteiger charge is -2.43. The number of carbonyl (C=O) groups is 2. The number of rotatable bonds is 4. The second-order valence-electron chi connectivity index (χ2n) is 7.55. The van der Waals surface area contributed by atoms with Gasteiger partial charge in [0.05, 0.1) is 11.5 Å². The van der Waals surface area contributed by atoms with Crippen LogP contribution in [0.3, 0.4) is 0 Å². The summed E-state index contributed by atoms with van der Waals surface area (Å²) in [5.41, 5.74) is -0.887. The van der Waals surface area contributed by atoms with E-state index in [1.165, 1.54) is 13.0 Å². The lowest BCUT2D eigenvalue weighted by molar-refractivity contribution is -0.192. The van der Waals surface area contributed by atoms with E-state index in [9.17, 15) is 14.4 Å². The van der Waals surface area contributed by atoms with Gasteiger partial charge in [-0.2, -0.15) is 0 Å². The molecule has 1 aromatic heterocycles. The van der Waals surface area contributed by atoms with Gasteiger partial charge in [0.2, 0.25) is 0 Å². The molecule has 3 atom stereocenters. The average molecular weight is 388 g/mol. The van der Waals surface area contributed by atoms with Gasteiger partial charge in [-0.05, 0) is 38.5 Å². The summed E-state index contributed by atoms with van der Waals surface area (Å²) in [6, 6.07) is 6.40. The summed E-state index contributed by atoms with van der Waals surface area (Å²) in [5, 5.41) is 0.644. The molecule has 0 saturated carbocycles. The summed E-state index contributed by atoms with van der Waals surface area (Å²) in [6.45, 7) is 8.44. The summed E-state index contributed by atoms with van der Waals surface area (Å²) in [5.74, 6) is -0.866. The van der Waals surface area contributed by atoms with Crippen LogP contribution in [0, 0.1) is 5.92 Å². The molecule has 7 nitrogen and oxygen atoms in total. The minimum Gasteiger partial charge on any atom is -0.483 e. The van der Waals surface area contributed by atoms with Crippen molar-refractivity contribution in [2.75, 3.05) is 0 Å². The lowest BCUT2D eigenvalue weighted by atomic mass is 9.87. The second kappa shape index (κ2) is 7.30. The molecule has 1 aromatic carbocycles. The topological polar surface area (TPSA) is 92.0 Å². The van der Waals surface area contributed by atoms with Gasteiger partial charge in [0.15, 0.2) is 12.2 Å². The lowest BCUT2D eigenvalue weighted by Crippen LogP contribution is -2.52. The molecule has 150 valence electrons. The standard InChI is InChI=1S/C21H24O7/c1-6-11(2)20(24)27-19-18(25-12(3)22)16-14(28-21(19,4)5)9-7-13-8-10-15(23)26-17(13)16/h7-11,18-19H,6H2,1-5H3/t11-,18-,19+/m1/s1. The maximum Gasteiger partial charge on any atom is 0.336 e. The summed E-state index contributed by atoms with van der Waals surface area (Å²) >= 11 is 0. The van der Waals surface area contributed by atoms with E-state index in [-0.39, 0.29) is 11.5 Å². The minimum atomic E-state index is -0.974. The fourth-order valence-corrected chi connectivity index (χ4v) is 3.26. The first kappa shape index (κ1) is 19.9. The van der Waals surface area contributed by atoms with Crippen molar-refractivity contribution in [2.45, 2.75) is 58.8 Å². The summed E-state index contributed by atoms with van der Waals surface area (Å²) in [7, 11) is 0. The molecular weight excluding hydrogens is 364 g/mol. The highest BCUT2D eigenvalue weighted by Crippen LogP contribution is 2.46. The molecule has 1 aliphatic heterocycles. The zero-order valence-corrected chi connectivity index (χ0v) is 16.6. The van der Waals surface area contributed by atoms with Crippen LogP contribution in [0.25, 0.3) is 11.0 Å². The van der Waals surface area contributed by atoms with E-state index < -0.39 is 35.4 Å². The molecule has 2 aromatic rings. The number of carbonyl (C=O) groups excluding carboxylic acids is 2. The number of ether oxygens (including phenoxy) is 3. The van der Waals surface area contributed by atoms with Gasteiger partial charge in [-0.15, -0.1) is 0 Å². The smallest absolute Gasteiger partial charge is 0.336 e. The van der Waals surface area contributed by atoms with Crippen LogP contribution < -0.4 is 10.4 Å². The number of fused-ring (bicyclic) bond motifs is 3. The Kier molecular flexibility index (Phi) is 5.19. The monoisotopic (exact) mass is 388 g/mol. The first-order valence-corrected chi connectivity index (χ1v) is 9.27. The highest BCUT2D eigenvalue weighted by Gasteiger charge is 2.50. The number of esters is 2. The normalized spacial score (nSPS) is 21.3. The average Bonchev–Trinajstić information content (AvgIpc) is 2.62. The van der Waals surface area contributed by atoms with Crippen molar-refractivity contribution in [2.24, 2.45) is 5.92 Å². The van der Waals surface area contributed by atoms with E-state index in [0.29, 0.717) is 23.1 Å². The molecule has 0 aliphatic carbocycles. The Bertz CT molecular complexity index is 972. The molecule has 0 spiro atoms. The molecule has 1 aliphatic rings. The summed E-state index contributed by atoms with van der Waals surface area (Å²) < 4.78 is 22.8. The predicted octanol–water partition coefficient (Wildman–Crippen LogP) is 3.53. The minimum absolute atomic E-state index is 0.247. The van der Waals surface area contributed by atoms with Crippen LogP contribution in [0.2, 0.25) is 0 Å². The summed E-state index contributed by atoms with van der Waals surface area (Å²) in [4.78, 5) is 36.2. The third-order valence-corrected chi connectivity index (χ3v) is 4.96. The van der Waals surface area contributed by atoms with Crippen LogP contribution in [0.4, 0.5) is 0 Å². The van der Waals surface area contributed by atoms with Crippen LogP contribution >= 0.6 is 0 Å². The number of benzene rings is 1. The van der Waals surface area contributed by atoms with Crippen molar-refractivity contribution >= 4 is 22.9 Å². The zero-order valence-electron chi connectivity index (χ0n) is 16.6. The van der Waals surface area contributed by atoms with E-state index in [0.717, 1.165) is 0 Å². The van der Waals surface area contributed by atoms with E-state index >= 15 is 0 Å². The van der Waals surface area contributed by atoms with Crippen molar-refractivity contribution < 1.29 is 28.2 Å². The quantitative estimate of drug-likeness (QED) is 0.584. The third kappa shape index (κ3) is 3.61. The maximum absolute atomic E-state index is 12.5. The molecule has 0 fully saturated rings. The molecule has 7 heteroatoms. The van der Waals surface area contributed by atoms with E-state index in [1.54, 1.807) is 39.0 Å². The number of hydrogen-bond acceptors (Lipinski definition) is 7. The molecule has 3 rings (SSSR count). The van der Waals surface area contributed by atoms with Crippen LogP contribution in [0.5, 0.6) is 5.75 Å². The predicted molar refractivity (Wildman–Crippen MR) is 101 cm³/mol. The maximum atomic E-state index is 12.5. The van der Waals surface area contributed by atoms with Gasteiger partial charge < -0.3 is 18.6 Å². The van der Waals surface area contributed by atoms with Crippen molar-refractivity contribution in [1.29, 1.82) is 0 Å². The van der Waals surface area contributed by atoms with Crippen LogP contribution in [0.15, 0.2) is 33.5 Å². The first-order valence-electron chi connectivity index (χ1n) is 9.27. The SMILES string of the molecule is CC[C@@H](C)C(=O)O[C@H]1[C@H](OC(C)=O)c2c(ccc3ccc(=O)oc23)OC1(C)C.